The number of esters is 1. The Morgan fingerprint density at radius 1 is 1.15 bits per heavy atom. The fourth-order valence-corrected chi connectivity index (χ4v) is 2.41. The molecule has 3 aromatic rings. The van der Waals surface area contributed by atoms with Crippen molar-refractivity contribution >= 4 is 5.97 Å². The van der Waals surface area contributed by atoms with Gasteiger partial charge in [0.2, 0.25) is 0 Å². The molecule has 27 heavy (non-hydrogen) atoms. The number of carbonyl (C=O) groups is 1. The summed E-state index contributed by atoms with van der Waals surface area (Å²) >= 11 is 0. The molecule has 6 heteroatoms. The Hall–Kier alpha value is -3.15. The van der Waals surface area contributed by atoms with Crippen LogP contribution in [0.1, 0.15) is 35.8 Å². The molecule has 0 radical (unpaired) electrons. The maximum atomic E-state index is 13.8. The number of rotatable bonds is 8. The van der Waals surface area contributed by atoms with E-state index in [0.29, 0.717) is 29.2 Å². The lowest BCUT2D eigenvalue weighted by atomic mass is 10.1. The number of benzene rings is 2. The van der Waals surface area contributed by atoms with Crippen molar-refractivity contribution in [2.24, 2.45) is 0 Å². The van der Waals surface area contributed by atoms with E-state index >= 15 is 0 Å². The number of aromatic nitrogens is 1. The van der Waals surface area contributed by atoms with Gasteiger partial charge in [0.05, 0.1) is 17.7 Å². The second kappa shape index (κ2) is 8.98. The number of ether oxygens (including phenoxy) is 2. The average Bonchev–Trinajstić information content (AvgIpc) is 3.16. The molecule has 0 spiro atoms. The van der Waals surface area contributed by atoms with Crippen LogP contribution in [0.15, 0.2) is 59.1 Å². The third kappa shape index (κ3) is 4.94. The molecule has 0 aliphatic heterocycles. The van der Waals surface area contributed by atoms with Gasteiger partial charge in [-0.15, -0.1) is 0 Å². The first kappa shape index (κ1) is 18.6. The molecule has 2 aromatic carbocycles. The maximum Gasteiger partial charge on any atom is 0.338 e. The van der Waals surface area contributed by atoms with Crippen molar-refractivity contribution in [3.63, 3.8) is 0 Å². The number of nitrogens with zero attached hydrogens (tertiary/aromatic N) is 1. The molecule has 1 aromatic heterocycles. The number of halogens is 1. The average molecular weight is 369 g/mol. The zero-order valence-corrected chi connectivity index (χ0v) is 15.0. The largest absolute Gasteiger partial charge is 0.494 e. The minimum atomic E-state index is -0.481. The zero-order valence-electron chi connectivity index (χ0n) is 15.0. The predicted molar refractivity (Wildman–Crippen MR) is 97.9 cm³/mol. The quantitative estimate of drug-likeness (QED) is 0.412. The Balaban J connectivity index is 1.56. The molecule has 0 N–H and O–H groups in total. The molecular formula is C21H20FNO4. The Bertz CT molecular complexity index is 889. The molecule has 0 aliphatic carbocycles. The Kier molecular flexibility index (Phi) is 6.20. The topological polar surface area (TPSA) is 61.6 Å². The highest BCUT2D eigenvalue weighted by molar-refractivity contribution is 5.89. The summed E-state index contributed by atoms with van der Waals surface area (Å²) in [7, 11) is 0. The first-order valence-electron chi connectivity index (χ1n) is 8.78. The van der Waals surface area contributed by atoms with Crippen LogP contribution < -0.4 is 4.74 Å². The van der Waals surface area contributed by atoms with Gasteiger partial charge in [0.1, 0.15) is 23.9 Å². The van der Waals surface area contributed by atoms with Crippen LogP contribution in [0.5, 0.6) is 5.75 Å². The van der Waals surface area contributed by atoms with E-state index in [1.807, 2.05) is 0 Å². The highest BCUT2D eigenvalue weighted by atomic mass is 19.1. The highest BCUT2D eigenvalue weighted by Crippen LogP contribution is 2.23. The summed E-state index contributed by atoms with van der Waals surface area (Å²) in [5, 5.41) is 3.82. The minimum absolute atomic E-state index is 0.0640. The van der Waals surface area contributed by atoms with Crippen molar-refractivity contribution in [3.8, 4) is 17.1 Å². The lowest BCUT2D eigenvalue weighted by molar-refractivity contribution is 0.0464. The summed E-state index contributed by atoms with van der Waals surface area (Å²) in [4.78, 5) is 12.1. The second-order valence-electron chi connectivity index (χ2n) is 5.96. The van der Waals surface area contributed by atoms with E-state index in [1.165, 1.54) is 6.07 Å². The SMILES string of the molecule is CCCCOc1ccc(C(=O)OCc2cc(-c3ccccc3F)on2)cc1. The van der Waals surface area contributed by atoms with Crippen LogP contribution in [-0.4, -0.2) is 17.7 Å². The Morgan fingerprint density at radius 2 is 1.93 bits per heavy atom. The highest BCUT2D eigenvalue weighted by Gasteiger charge is 2.13. The van der Waals surface area contributed by atoms with Crippen molar-refractivity contribution < 1.29 is 23.2 Å². The van der Waals surface area contributed by atoms with Crippen molar-refractivity contribution in [2.75, 3.05) is 6.61 Å². The van der Waals surface area contributed by atoms with Crippen molar-refractivity contribution in [1.82, 2.24) is 5.16 Å². The zero-order chi connectivity index (χ0) is 19.1. The normalized spacial score (nSPS) is 10.6. The summed E-state index contributed by atoms with van der Waals surface area (Å²) in [6.45, 7) is 2.68. The smallest absolute Gasteiger partial charge is 0.338 e. The summed E-state index contributed by atoms with van der Waals surface area (Å²) < 4.78 is 29.7. The van der Waals surface area contributed by atoms with E-state index in [0.717, 1.165) is 12.8 Å². The molecule has 1 heterocycles. The number of hydrogen-bond donors (Lipinski definition) is 0. The molecule has 0 aliphatic rings. The Morgan fingerprint density at radius 3 is 2.67 bits per heavy atom. The molecule has 0 saturated carbocycles. The molecule has 3 rings (SSSR count). The second-order valence-corrected chi connectivity index (χ2v) is 5.96. The van der Waals surface area contributed by atoms with E-state index in [1.54, 1.807) is 48.5 Å². The first-order valence-corrected chi connectivity index (χ1v) is 8.78. The molecule has 5 nitrogen and oxygen atoms in total. The molecule has 0 saturated heterocycles. The summed E-state index contributed by atoms with van der Waals surface area (Å²) in [6.07, 6.45) is 2.04. The molecular weight excluding hydrogens is 349 g/mol. The molecule has 0 atom stereocenters. The van der Waals surface area contributed by atoms with Gasteiger partial charge in [-0.2, -0.15) is 0 Å². The van der Waals surface area contributed by atoms with Gasteiger partial charge in [-0.05, 0) is 42.8 Å². The predicted octanol–water partition coefficient (Wildman–Crippen LogP) is 5.02. The van der Waals surface area contributed by atoms with E-state index in [2.05, 4.69) is 12.1 Å². The fraction of sp³-hybridized carbons (Fsp3) is 0.238. The number of hydrogen-bond acceptors (Lipinski definition) is 5. The van der Waals surface area contributed by atoms with Crippen molar-refractivity contribution in [3.05, 3.63) is 71.7 Å². The van der Waals surface area contributed by atoms with E-state index in [-0.39, 0.29) is 12.4 Å². The summed E-state index contributed by atoms with van der Waals surface area (Å²) in [6, 6.07) is 14.6. The molecule has 140 valence electrons. The van der Waals surface area contributed by atoms with Gasteiger partial charge in [0.25, 0.3) is 0 Å². The lowest BCUT2D eigenvalue weighted by Crippen LogP contribution is -2.05. The van der Waals surface area contributed by atoms with E-state index in [9.17, 15) is 9.18 Å². The lowest BCUT2D eigenvalue weighted by Gasteiger charge is -2.06. The van der Waals surface area contributed by atoms with Crippen LogP contribution in [0.4, 0.5) is 4.39 Å². The van der Waals surface area contributed by atoms with Gasteiger partial charge in [-0.1, -0.05) is 30.6 Å². The van der Waals surface area contributed by atoms with Gasteiger partial charge in [-0.25, -0.2) is 9.18 Å². The standard InChI is InChI=1S/C21H20FNO4/c1-2-3-12-25-17-10-8-15(9-11-17)21(24)26-14-16-13-20(27-23-16)18-6-4-5-7-19(18)22/h4-11,13H,2-3,12,14H2,1H3. The summed E-state index contributed by atoms with van der Waals surface area (Å²) in [5.74, 6) is 0.114. The van der Waals surface area contributed by atoms with E-state index in [4.69, 9.17) is 14.0 Å². The van der Waals surface area contributed by atoms with Crippen molar-refractivity contribution in [2.45, 2.75) is 26.4 Å². The van der Waals surface area contributed by atoms with Crippen molar-refractivity contribution in [1.29, 1.82) is 0 Å². The van der Waals surface area contributed by atoms with Crippen LogP contribution in [0, 0.1) is 5.82 Å². The molecule has 0 fully saturated rings. The Labute approximate surface area is 156 Å². The van der Waals surface area contributed by atoms with Crippen LogP contribution >= 0.6 is 0 Å². The summed E-state index contributed by atoms with van der Waals surface area (Å²) in [5.41, 5.74) is 1.12. The van der Waals surface area contributed by atoms with Crippen LogP contribution in [0.3, 0.4) is 0 Å². The molecule has 0 bridgehead atoms. The number of unbranched alkanes of at least 4 members (excludes halogenated alkanes) is 1. The monoisotopic (exact) mass is 369 g/mol. The fourth-order valence-electron chi connectivity index (χ4n) is 2.41. The third-order valence-electron chi connectivity index (χ3n) is 3.91. The third-order valence-corrected chi connectivity index (χ3v) is 3.91. The minimum Gasteiger partial charge on any atom is -0.494 e. The van der Waals surface area contributed by atoms with E-state index < -0.39 is 11.8 Å². The van der Waals surface area contributed by atoms with Crippen LogP contribution in [0.25, 0.3) is 11.3 Å². The van der Waals surface area contributed by atoms with Gasteiger partial charge in [0, 0.05) is 6.07 Å². The van der Waals surface area contributed by atoms with Crippen LogP contribution in [0.2, 0.25) is 0 Å². The first-order chi connectivity index (χ1) is 13.2. The maximum absolute atomic E-state index is 13.8. The van der Waals surface area contributed by atoms with Crippen LogP contribution in [-0.2, 0) is 11.3 Å². The van der Waals surface area contributed by atoms with Gasteiger partial charge in [0.15, 0.2) is 5.76 Å². The van der Waals surface area contributed by atoms with Gasteiger partial charge in [-0.3, -0.25) is 0 Å². The molecule has 0 amide bonds. The molecule has 0 unspecified atom stereocenters. The van der Waals surface area contributed by atoms with Gasteiger partial charge < -0.3 is 14.0 Å². The number of carbonyl (C=O) groups excluding carboxylic acids is 1. The van der Waals surface area contributed by atoms with Gasteiger partial charge >= 0.3 is 5.97 Å².